The van der Waals surface area contributed by atoms with E-state index in [1.54, 1.807) is 6.07 Å². The number of nitrogens with zero attached hydrogens (tertiary/aromatic N) is 1. The van der Waals surface area contributed by atoms with Crippen molar-refractivity contribution in [2.75, 3.05) is 0 Å². The van der Waals surface area contributed by atoms with E-state index < -0.39 is 11.8 Å². The Hall–Kier alpha value is -2.40. The van der Waals surface area contributed by atoms with Crippen LogP contribution >= 0.6 is 11.6 Å². The first kappa shape index (κ1) is 12.6. The Balaban J connectivity index is 2.43. The van der Waals surface area contributed by atoms with E-state index >= 15 is 0 Å². The molecule has 0 unspecified atom stereocenters. The summed E-state index contributed by atoms with van der Waals surface area (Å²) < 4.78 is 18.8. The topological polar surface area (TPSA) is 63.3 Å². The lowest BCUT2D eigenvalue weighted by atomic mass is 10.1. The van der Waals surface area contributed by atoms with E-state index in [1.165, 1.54) is 24.7 Å². The van der Waals surface area contributed by atoms with Crippen molar-refractivity contribution in [3.05, 3.63) is 53.2 Å². The highest BCUT2D eigenvalue weighted by Gasteiger charge is 2.18. The van der Waals surface area contributed by atoms with Gasteiger partial charge in [0.15, 0.2) is 0 Å². The first-order valence-electron chi connectivity index (χ1n) is 5.62. The van der Waals surface area contributed by atoms with E-state index in [0.29, 0.717) is 11.3 Å². The lowest BCUT2D eigenvalue weighted by molar-refractivity contribution is 0.0699. The van der Waals surface area contributed by atoms with E-state index in [2.05, 4.69) is 4.98 Å². The molecule has 0 saturated heterocycles. The lowest BCUT2D eigenvalue weighted by Gasteiger charge is -2.08. The fourth-order valence-electron chi connectivity index (χ4n) is 2.00. The van der Waals surface area contributed by atoms with Gasteiger partial charge in [-0.3, -0.25) is 0 Å². The first-order valence-corrected chi connectivity index (χ1v) is 6.00. The number of furan rings is 1. The van der Waals surface area contributed by atoms with Crippen LogP contribution in [0, 0.1) is 5.82 Å². The minimum Gasteiger partial charge on any atom is -0.478 e. The summed E-state index contributed by atoms with van der Waals surface area (Å²) in [5.41, 5.74) is 0.697. The highest BCUT2D eigenvalue weighted by molar-refractivity contribution is 6.36. The maximum Gasteiger partial charge on any atom is 0.336 e. The molecule has 0 saturated carbocycles. The number of fused-ring (bicyclic) bond motifs is 1. The molecule has 0 atom stereocenters. The quantitative estimate of drug-likeness (QED) is 0.775. The van der Waals surface area contributed by atoms with Crippen LogP contribution in [0.1, 0.15) is 10.4 Å². The molecule has 2 aromatic heterocycles. The van der Waals surface area contributed by atoms with E-state index in [0.717, 1.165) is 6.07 Å². The van der Waals surface area contributed by atoms with Crippen LogP contribution in [0.4, 0.5) is 4.39 Å². The van der Waals surface area contributed by atoms with Crippen molar-refractivity contribution in [2.45, 2.75) is 0 Å². The van der Waals surface area contributed by atoms with Crippen LogP contribution in [0.3, 0.4) is 0 Å². The molecule has 0 spiro atoms. The predicted octanol–water partition coefficient (Wildman–Crippen LogP) is 3.99. The first-order chi connectivity index (χ1) is 9.58. The SMILES string of the molecule is O=C(O)c1cc(-c2ccoc2)nc2c(F)ccc(Cl)c12. The summed E-state index contributed by atoms with van der Waals surface area (Å²) in [4.78, 5) is 15.5. The van der Waals surface area contributed by atoms with Crippen LogP contribution in [-0.4, -0.2) is 16.1 Å². The van der Waals surface area contributed by atoms with Crippen molar-refractivity contribution in [3.8, 4) is 11.3 Å². The maximum atomic E-state index is 13.9. The molecule has 0 amide bonds. The van der Waals surface area contributed by atoms with Gasteiger partial charge in [-0.15, -0.1) is 0 Å². The molecule has 0 aliphatic rings. The highest BCUT2D eigenvalue weighted by atomic mass is 35.5. The normalized spacial score (nSPS) is 10.9. The van der Waals surface area contributed by atoms with Gasteiger partial charge in [0.1, 0.15) is 11.3 Å². The number of hydrogen-bond acceptors (Lipinski definition) is 3. The molecule has 20 heavy (non-hydrogen) atoms. The molecule has 0 aliphatic carbocycles. The van der Waals surface area contributed by atoms with Crippen LogP contribution in [0.25, 0.3) is 22.2 Å². The van der Waals surface area contributed by atoms with Crippen molar-refractivity contribution in [2.24, 2.45) is 0 Å². The summed E-state index contributed by atoms with van der Waals surface area (Å²) in [6, 6.07) is 5.43. The second-order valence-corrected chi connectivity index (χ2v) is 4.53. The summed E-state index contributed by atoms with van der Waals surface area (Å²) in [6.45, 7) is 0. The smallest absolute Gasteiger partial charge is 0.336 e. The summed E-state index contributed by atoms with van der Waals surface area (Å²) >= 11 is 5.97. The molecule has 0 fully saturated rings. The largest absolute Gasteiger partial charge is 0.478 e. The van der Waals surface area contributed by atoms with Gasteiger partial charge >= 0.3 is 5.97 Å². The van der Waals surface area contributed by atoms with Crippen molar-refractivity contribution < 1.29 is 18.7 Å². The number of aromatic carboxylic acids is 1. The van der Waals surface area contributed by atoms with Crippen LogP contribution in [0.2, 0.25) is 5.02 Å². The Kier molecular flexibility index (Phi) is 2.91. The van der Waals surface area contributed by atoms with Gasteiger partial charge in [-0.1, -0.05) is 11.6 Å². The third-order valence-electron chi connectivity index (χ3n) is 2.91. The molecule has 3 aromatic rings. The molecule has 0 aliphatic heterocycles. The van der Waals surface area contributed by atoms with E-state index in [4.69, 9.17) is 16.0 Å². The summed E-state index contributed by atoms with van der Waals surface area (Å²) in [7, 11) is 0. The zero-order valence-corrected chi connectivity index (χ0v) is 10.7. The molecular weight excluding hydrogens is 285 g/mol. The van der Waals surface area contributed by atoms with Crippen LogP contribution < -0.4 is 0 Å². The third kappa shape index (κ3) is 1.92. The van der Waals surface area contributed by atoms with E-state index in [9.17, 15) is 14.3 Å². The Labute approximate surface area is 117 Å². The zero-order chi connectivity index (χ0) is 14.3. The average Bonchev–Trinajstić information content (AvgIpc) is 2.96. The Morgan fingerprint density at radius 1 is 1.35 bits per heavy atom. The van der Waals surface area contributed by atoms with Crippen LogP contribution in [-0.2, 0) is 0 Å². The molecule has 1 N–H and O–H groups in total. The number of hydrogen-bond donors (Lipinski definition) is 1. The Morgan fingerprint density at radius 3 is 2.80 bits per heavy atom. The molecule has 3 rings (SSSR count). The minimum atomic E-state index is -1.20. The van der Waals surface area contributed by atoms with Gasteiger partial charge < -0.3 is 9.52 Å². The van der Waals surface area contributed by atoms with Gasteiger partial charge in [-0.05, 0) is 24.3 Å². The number of halogens is 2. The molecular formula is C14H7ClFNO3. The number of pyridine rings is 1. The van der Waals surface area contributed by atoms with Gasteiger partial charge in [-0.2, -0.15) is 0 Å². The molecule has 0 radical (unpaired) electrons. The fraction of sp³-hybridized carbons (Fsp3) is 0. The third-order valence-corrected chi connectivity index (χ3v) is 3.22. The van der Waals surface area contributed by atoms with Crippen LogP contribution in [0.15, 0.2) is 41.2 Å². The highest BCUT2D eigenvalue weighted by Crippen LogP contribution is 2.31. The van der Waals surface area contributed by atoms with E-state index in [1.807, 2.05) is 0 Å². The second-order valence-electron chi connectivity index (χ2n) is 4.13. The molecule has 6 heteroatoms. The standard InChI is InChI=1S/C14H7ClFNO3/c15-9-1-2-10(16)13-12(9)8(14(18)19)5-11(17-13)7-3-4-20-6-7/h1-6H,(H,18,19). The van der Waals surface area contributed by atoms with Gasteiger partial charge in [0.25, 0.3) is 0 Å². The summed E-state index contributed by atoms with van der Waals surface area (Å²) in [6.07, 6.45) is 2.83. The number of aromatic nitrogens is 1. The summed E-state index contributed by atoms with van der Waals surface area (Å²) in [5.74, 6) is -1.83. The second kappa shape index (κ2) is 4.61. The zero-order valence-electron chi connectivity index (χ0n) is 9.93. The molecule has 1 aromatic carbocycles. The molecule has 2 heterocycles. The number of benzene rings is 1. The Bertz CT molecular complexity index is 815. The molecule has 4 nitrogen and oxygen atoms in total. The van der Waals surface area contributed by atoms with Crippen LogP contribution in [0.5, 0.6) is 0 Å². The van der Waals surface area contributed by atoms with Gasteiger partial charge in [-0.25, -0.2) is 14.2 Å². The number of carboxylic acids is 1. The minimum absolute atomic E-state index is 0.0754. The van der Waals surface area contributed by atoms with Gasteiger partial charge in [0.05, 0.1) is 28.8 Å². The van der Waals surface area contributed by atoms with Crippen molar-refractivity contribution in [1.29, 1.82) is 0 Å². The van der Waals surface area contributed by atoms with Gasteiger partial charge in [0.2, 0.25) is 0 Å². The lowest BCUT2D eigenvalue weighted by Crippen LogP contribution is -2.01. The fourth-order valence-corrected chi connectivity index (χ4v) is 2.25. The number of carboxylic acid groups (broad SMARTS) is 1. The molecule has 100 valence electrons. The maximum absolute atomic E-state index is 13.9. The van der Waals surface area contributed by atoms with Crippen molar-refractivity contribution >= 4 is 28.5 Å². The monoisotopic (exact) mass is 291 g/mol. The van der Waals surface area contributed by atoms with E-state index in [-0.39, 0.29) is 21.5 Å². The predicted molar refractivity (Wildman–Crippen MR) is 71.4 cm³/mol. The number of carbonyl (C=O) groups is 1. The van der Waals surface area contributed by atoms with Gasteiger partial charge in [0, 0.05) is 10.9 Å². The summed E-state index contributed by atoms with van der Waals surface area (Å²) in [5, 5.41) is 9.52. The van der Waals surface area contributed by atoms with Crippen molar-refractivity contribution in [1.82, 2.24) is 4.98 Å². The van der Waals surface area contributed by atoms with Crippen molar-refractivity contribution in [3.63, 3.8) is 0 Å². The Morgan fingerprint density at radius 2 is 2.15 bits per heavy atom. The average molecular weight is 292 g/mol. The number of rotatable bonds is 2. The molecule has 0 bridgehead atoms.